The molecule has 1 aliphatic heterocycles. The summed E-state index contributed by atoms with van der Waals surface area (Å²) in [4.78, 5) is 19.3. The van der Waals surface area contributed by atoms with Crippen LogP contribution < -0.4 is 5.32 Å². The minimum absolute atomic E-state index is 0.265. The van der Waals surface area contributed by atoms with Crippen molar-refractivity contribution in [2.75, 3.05) is 31.6 Å². The van der Waals surface area contributed by atoms with Gasteiger partial charge in [0.2, 0.25) is 0 Å². The summed E-state index contributed by atoms with van der Waals surface area (Å²) in [6.07, 6.45) is 0. The van der Waals surface area contributed by atoms with Crippen molar-refractivity contribution in [3.05, 3.63) is 52.4 Å². The Hall–Kier alpha value is -2.53. The molecule has 1 amide bonds. The maximum absolute atomic E-state index is 12.6. The molecule has 0 aliphatic carbocycles. The molecule has 1 aromatic carbocycles. The zero-order valence-electron chi connectivity index (χ0n) is 15.9. The molecule has 4 heterocycles. The van der Waals surface area contributed by atoms with Crippen molar-refractivity contribution in [3.8, 4) is 11.3 Å². The second-order valence-electron chi connectivity index (χ2n) is 6.86. The molecular formula is C20H18BrN5O3S. The number of furan rings is 1. The van der Waals surface area contributed by atoms with Gasteiger partial charge in [0.1, 0.15) is 16.2 Å². The lowest BCUT2D eigenvalue weighted by Gasteiger charge is -2.25. The number of nitrogens with one attached hydrogen (secondary N) is 2. The highest BCUT2D eigenvalue weighted by molar-refractivity contribution is 9.10. The average molecular weight is 488 g/mol. The Kier molecular flexibility index (Phi) is 5.38. The van der Waals surface area contributed by atoms with Gasteiger partial charge in [-0.15, -0.1) is 0 Å². The predicted molar refractivity (Wildman–Crippen MR) is 118 cm³/mol. The molecule has 2 N–H and O–H groups in total. The summed E-state index contributed by atoms with van der Waals surface area (Å²) < 4.78 is 12.9. The number of benzene rings is 1. The lowest BCUT2D eigenvalue weighted by Crippen LogP contribution is -2.35. The van der Waals surface area contributed by atoms with Crippen LogP contribution in [0.25, 0.3) is 21.6 Å². The molecule has 30 heavy (non-hydrogen) atoms. The third-order valence-corrected chi connectivity index (χ3v) is 6.50. The molecule has 0 radical (unpaired) electrons. The molecule has 0 spiro atoms. The lowest BCUT2D eigenvalue weighted by atomic mass is 10.1. The average Bonchev–Trinajstić information content (AvgIpc) is 3.46. The van der Waals surface area contributed by atoms with Gasteiger partial charge in [0.15, 0.2) is 16.5 Å². The lowest BCUT2D eigenvalue weighted by molar-refractivity contribution is 0.0312. The Labute approximate surface area is 184 Å². The number of nitrogens with zero attached hydrogens (tertiary/aromatic N) is 3. The minimum Gasteiger partial charge on any atom is -0.455 e. The van der Waals surface area contributed by atoms with Crippen molar-refractivity contribution < 1.29 is 13.9 Å². The Morgan fingerprint density at radius 1 is 1.23 bits per heavy atom. The van der Waals surface area contributed by atoms with Crippen molar-refractivity contribution >= 4 is 48.7 Å². The predicted octanol–water partition coefficient (Wildman–Crippen LogP) is 4.13. The number of fused-ring (bicyclic) bond motifs is 1. The highest BCUT2D eigenvalue weighted by Gasteiger charge is 2.19. The van der Waals surface area contributed by atoms with Gasteiger partial charge in [0, 0.05) is 23.1 Å². The van der Waals surface area contributed by atoms with Crippen molar-refractivity contribution in [3.63, 3.8) is 0 Å². The summed E-state index contributed by atoms with van der Waals surface area (Å²) in [5, 5.41) is 10.6. The summed E-state index contributed by atoms with van der Waals surface area (Å²) in [5.41, 5.74) is 2.39. The molecule has 0 unspecified atom stereocenters. The minimum atomic E-state index is -0.324. The van der Waals surface area contributed by atoms with Gasteiger partial charge in [-0.3, -0.25) is 20.1 Å². The van der Waals surface area contributed by atoms with Gasteiger partial charge >= 0.3 is 0 Å². The van der Waals surface area contributed by atoms with E-state index >= 15 is 0 Å². The summed E-state index contributed by atoms with van der Waals surface area (Å²) >= 11 is 4.93. The van der Waals surface area contributed by atoms with E-state index in [1.165, 1.54) is 11.3 Å². The van der Waals surface area contributed by atoms with E-state index in [0.29, 0.717) is 17.3 Å². The molecule has 1 fully saturated rings. The van der Waals surface area contributed by atoms with E-state index in [4.69, 9.17) is 9.15 Å². The van der Waals surface area contributed by atoms with E-state index in [1.54, 1.807) is 6.07 Å². The molecule has 0 saturated carbocycles. The second-order valence-corrected chi connectivity index (χ2v) is 8.71. The van der Waals surface area contributed by atoms with Crippen LogP contribution in [0.5, 0.6) is 0 Å². The van der Waals surface area contributed by atoms with Gasteiger partial charge in [-0.2, -0.15) is 5.10 Å². The molecule has 10 heteroatoms. The number of aromatic amines is 1. The topological polar surface area (TPSA) is 96.3 Å². The number of carbonyl (C=O) groups is 1. The Balaban J connectivity index is 1.31. The van der Waals surface area contributed by atoms with Crippen LogP contribution in [0.1, 0.15) is 16.3 Å². The van der Waals surface area contributed by atoms with Crippen molar-refractivity contribution in [2.45, 2.75) is 6.54 Å². The molecule has 1 saturated heterocycles. The fourth-order valence-corrected chi connectivity index (χ4v) is 4.72. The number of halogens is 1. The number of thiazole rings is 1. The van der Waals surface area contributed by atoms with Crippen LogP contribution in [0, 0.1) is 0 Å². The molecule has 3 aromatic heterocycles. The highest BCUT2D eigenvalue weighted by atomic mass is 79.9. The van der Waals surface area contributed by atoms with Gasteiger partial charge in [0.25, 0.3) is 5.91 Å². The number of amides is 1. The van der Waals surface area contributed by atoms with Crippen LogP contribution in [0.3, 0.4) is 0 Å². The van der Waals surface area contributed by atoms with Gasteiger partial charge in [-0.05, 0) is 18.2 Å². The van der Waals surface area contributed by atoms with Crippen LogP contribution in [0.4, 0.5) is 5.13 Å². The second kappa shape index (κ2) is 8.31. The normalized spacial score (nSPS) is 15.0. The largest absolute Gasteiger partial charge is 0.455 e. The third-order valence-electron chi connectivity index (χ3n) is 4.83. The summed E-state index contributed by atoms with van der Waals surface area (Å²) in [5.74, 6) is 0.699. The fraction of sp³-hybridized carbons (Fsp3) is 0.250. The molecular weight excluding hydrogens is 470 g/mol. The highest BCUT2D eigenvalue weighted by Crippen LogP contribution is 2.36. The molecule has 1 aliphatic rings. The first-order valence-corrected chi connectivity index (χ1v) is 11.1. The smallest absolute Gasteiger partial charge is 0.293 e. The fourth-order valence-electron chi connectivity index (χ4n) is 3.33. The molecule has 0 atom stereocenters. The molecule has 4 aromatic rings. The number of hydrogen-bond donors (Lipinski definition) is 2. The van der Waals surface area contributed by atoms with Crippen molar-refractivity contribution in [1.82, 2.24) is 20.1 Å². The number of anilines is 1. The SMILES string of the molecule is O=C(Nc1nc2[nH]nc(-c3ccccc3Br)c2s1)c1ccc(CN2CCOCC2)o1. The molecule has 5 rings (SSSR count). The van der Waals surface area contributed by atoms with E-state index < -0.39 is 0 Å². The van der Waals surface area contributed by atoms with E-state index in [1.807, 2.05) is 30.3 Å². The number of carbonyl (C=O) groups excluding carboxylic acids is 1. The van der Waals surface area contributed by atoms with E-state index in [9.17, 15) is 4.79 Å². The number of morpholine rings is 1. The summed E-state index contributed by atoms with van der Waals surface area (Å²) in [6, 6.07) is 11.4. The van der Waals surface area contributed by atoms with Crippen LogP contribution in [0.15, 0.2) is 45.3 Å². The van der Waals surface area contributed by atoms with E-state index in [2.05, 4.69) is 41.3 Å². The van der Waals surface area contributed by atoms with E-state index in [0.717, 1.165) is 52.5 Å². The Morgan fingerprint density at radius 3 is 2.90 bits per heavy atom. The molecule has 0 bridgehead atoms. The van der Waals surface area contributed by atoms with Gasteiger partial charge in [0.05, 0.1) is 19.8 Å². The number of H-pyrrole nitrogens is 1. The standard InChI is InChI=1S/C20H18BrN5O3S/c21-14-4-2-1-3-13(14)16-17-18(25-24-16)22-20(30-17)23-19(27)15-6-5-12(29-15)11-26-7-9-28-10-8-26/h1-6H,7-11H2,(H2,22,23,24,25,27). The van der Waals surface area contributed by atoms with Crippen molar-refractivity contribution in [1.29, 1.82) is 0 Å². The Morgan fingerprint density at radius 2 is 2.07 bits per heavy atom. The van der Waals surface area contributed by atoms with Crippen LogP contribution in [-0.2, 0) is 11.3 Å². The van der Waals surface area contributed by atoms with E-state index in [-0.39, 0.29) is 11.7 Å². The first kappa shape index (κ1) is 19.4. The maximum Gasteiger partial charge on any atom is 0.293 e. The zero-order valence-corrected chi connectivity index (χ0v) is 18.3. The van der Waals surface area contributed by atoms with Crippen LogP contribution in [-0.4, -0.2) is 52.3 Å². The summed E-state index contributed by atoms with van der Waals surface area (Å²) in [7, 11) is 0. The first-order valence-electron chi connectivity index (χ1n) is 9.47. The number of hydrogen-bond acceptors (Lipinski definition) is 7. The van der Waals surface area contributed by atoms with Crippen molar-refractivity contribution in [2.24, 2.45) is 0 Å². The van der Waals surface area contributed by atoms with Crippen LogP contribution in [0.2, 0.25) is 0 Å². The Bertz CT molecular complexity index is 1190. The molecule has 8 nitrogen and oxygen atoms in total. The van der Waals surface area contributed by atoms with Gasteiger partial charge in [-0.25, -0.2) is 4.98 Å². The maximum atomic E-state index is 12.6. The third kappa shape index (κ3) is 3.91. The van der Waals surface area contributed by atoms with Crippen LogP contribution >= 0.6 is 27.3 Å². The molecule has 154 valence electrons. The number of aromatic nitrogens is 3. The quantitative estimate of drug-likeness (QED) is 0.439. The first-order chi connectivity index (χ1) is 14.7. The number of rotatable bonds is 5. The number of ether oxygens (including phenoxy) is 1. The summed E-state index contributed by atoms with van der Waals surface area (Å²) in [6.45, 7) is 3.84. The monoisotopic (exact) mass is 487 g/mol. The van der Waals surface area contributed by atoms with Gasteiger partial charge < -0.3 is 9.15 Å². The zero-order chi connectivity index (χ0) is 20.5. The van der Waals surface area contributed by atoms with Gasteiger partial charge in [-0.1, -0.05) is 45.5 Å².